The summed E-state index contributed by atoms with van der Waals surface area (Å²) < 4.78 is 5.91. The number of ether oxygens (including phenoxy) is 1. The average Bonchev–Trinajstić information content (AvgIpc) is 3.13. The van der Waals surface area contributed by atoms with Crippen LogP contribution in [0.3, 0.4) is 0 Å². The van der Waals surface area contributed by atoms with Gasteiger partial charge >= 0.3 is 0 Å². The summed E-state index contributed by atoms with van der Waals surface area (Å²) >= 11 is 8.04. The van der Waals surface area contributed by atoms with Crippen LogP contribution < -0.4 is 10.1 Å². The molecule has 6 heteroatoms. The van der Waals surface area contributed by atoms with E-state index in [0.717, 1.165) is 23.3 Å². The standard InChI is InChI=1S/C17H19ClN2O2S/c1-20(2)9-16(21)19-8-14-6-13-5-12(11-3-4-23-10-11)7-15(18)17(13)22-14/h3-5,7,10,14H,6,8-9H2,1-2H3,(H,19,21). The Morgan fingerprint density at radius 2 is 2.26 bits per heavy atom. The molecule has 0 saturated carbocycles. The van der Waals surface area contributed by atoms with Crippen LogP contribution in [0.5, 0.6) is 5.75 Å². The van der Waals surface area contributed by atoms with Gasteiger partial charge in [0, 0.05) is 12.0 Å². The molecule has 122 valence electrons. The largest absolute Gasteiger partial charge is 0.486 e. The van der Waals surface area contributed by atoms with Crippen molar-refractivity contribution in [1.82, 2.24) is 10.2 Å². The van der Waals surface area contributed by atoms with E-state index in [9.17, 15) is 4.79 Å². The zero-order valence-electron chi connectivity index (χ0n) is 13.1. The van der Waals surface area contributed by atoms with Crippen LogP contribution in [-0.2, 0) is 11.2 Å². The van der Waals surface area contributed by atoms with Crippen LogP contribution in [0.1, 0.15) is 5.56 Å². The minimum Gasteiger partial charge on any atom is -0.486 e. The van der Waals surface area contributed by atoms with Gasteiger partial charge in [-0.25, -0.2) is 0 Å². The number of hydrogen-bond acceptors (Lipinski definition) is 4. The molecule has 2 heterocycles. The minimum atomic E-state index is -0.0636. The summed E-state index contributed by atoms with van der Waals surface area (Å²) in [7, 11) is 3.74. The molecular weight excluding hydrogens is 332 g/mol. The van der Waals surface area contributed by atoms with Crippen molar-refractivity contribution >= 4 is 28.8 Å². The fraction of sp³-hybridized carbons (Fsp3) is 0.353. The normalized spacial score (nSPS) is 16.3. The monoisotopic (exact) mass is 350 g/mol. The second-order valence-corrected chi connectivity index (χ2v) is 7.13. The van der Waals surface area contributed by atoms with Gasteiger partial charge in [-0.05, 0) is 54.2 Å². The van der Waals surface area contributed by atoms with Crippen molar-refractivity contribution in [2.45, 2.75) is 12.5 Å². The number of carbonyl (C=O) groups excluding carboxylic acids is 1. The van der Waals surface area contributed by atoms with Crippen LogP contribution in [-0.4, -0.2) is 44.1 Å². The molecule has 2 aromatic rings. The Morgan fingerprint density at radius 1 is 1.43 bits per heavy atom. The predicted octanol–water partition coefficient (Wildman–Crippen LogP) is 3.05. The lowest BCUT2D eigenvalue weighted by atomic mass is 10.0. The number of halogens is 1. The van der Waals surface area contributed by atoms with Crippen molar-refractivity contribution in [3.63, 3.8) is 0 Å². The van der Waals surface area contributed by atoms with Gasteiger partial charge < -0.3 is 15.0 Å². The Hall–Kier alpha value is -1.56. The first-order valence-corrected chi connectivity index (χ1v) is 8.78. The zero-order valence-corrected chi connectivity index (χ0v) is 14.7. The fourth-order valence-corrected chi connectivity index (χ4v) is 3.62. The lowest BCUT2D eigenvalue weighted by Gasteiger charge is -2.14. The van der Waals surface area contributed by atoms with E-state index < -0.39 is 0 Å². The third-order valence-electron chi connectivity index (χ3n) is 3.69. The van der Waals surface area contributed by atoms with Gasteiger partial charge in [-0.15, -0.1) is 0 Å². The topological polar surface area (TPSA) is 41.6 Å². The first kappa shape index (κ1) is 16.3. The molecule has 0 saturated heterocycles. The van der Waals surface area contributed by atoms with Gasteiger partial charge in [0.2, 0.25) is 5.91 Å². The number of nitrogens with one attached hydrogen (secondary N) is 1. The van der Waals surface area contributed by atoms with E-state index in [0.29, 0.717) is 18.1 Å². The zero-order chi connectivity index (χ0) is 16.4. The van der Waals surface area contributed by atoms with E-state index in [1.54, 1.807) is 11.3 Å². The molecule has 1 unspecified atom stereocenters. The summed E-state index contributed by atoms with van der Waals surface area (Å²) in [4.78, 5) is 13.6. The lowest BCUT2D eigenvalue weighted by molar-refractivity contribution is -0.122. The number of likely N-dealkylation sites (N-methyl/N-ethyl adjacent to an activating group) is 1. The summed E-state index contributed by atoms with van der Waals surface area (Å²) in [6.07, 6.45) is 0.696. The fourth-order valence-electron chi connectivity index (χ4n) is 2.67. The third-order valence-corrected chi connectivity index (χ3v) is 4.66. The number of amides is 1. The maximum Gasteiger partial charge on any atom is 0.234 e. The maximum atomic E-state index is 11.7. The van der Waals surface area contributed by atoms with Crippen LogP contribution in [0.2, 0.25) is 5.02 Å². The minimum absolute atomic E-state index is 0.000356. The molecule has 0 spiro atoms. The highest BCUT2D eigenvalue weighted by Crippen LogP contribution is 2.39. The van der Waals surface area contributed by atoms with Gasteiger partial charge in [-0.2, -0.15) is 11.3 Å². The Morgan fingerprint density at radius 3 is 2.96 bits per heavy atom. The summed E-state index contributed by atoms with van der Waals surface area (Å²) in [6.45, 7) is 0.869. The molecule has 23 heavy (non-hydrogen) atoms. The second-order valence-electron chi connectivity index (χ2n) is 5.94. The van der Waals surface area contributed by atoms with Gasteiger partial charge in [-0.1, -0.05) is 11.6 Å². The van der Waals surface area contributed by atoms with Crippen LogP contribution in [0, 0.1) is 0 Å². The highest BCUT2D eigenvalue weighted by molar-refractivity contribution is 7.08. The highest BCUT2D eigenvalue weighted by Gasteiger charge is 2.26. The SMILES string of the molecule is CN(C)CC(=O)NCC1Cc2cc(-c3ccsc3)cc(Cl)c2O1. The van der Waals surface area contributed by atoms with Gasteiger partial charge in [-0.3, -0.25) is 4.79 Å². The van der Waals surface area contributed by atoms with E-state index in [1.807, 2.05) is 25.1 Å². The molecule has 0 bridgehead atoms. The molecule has 1 aliphatic rings. The lowest BCUT2D eigenvalue weighted by Crippen LogP contribution is -2.39. The molecular formula is C17H19ClN2O2S. The van der Waals surface area contributed by atoms with Crippen molar-refractivity contribution in [2.75, 3.05) is 27.2 Å². The van der Waals surface area contributed by atoms with Gasteiger partial charge in [0.15, 0.2) is 0 Å². The molecule has 3 rings (SSSR count). The van der Waals surface area contributed by atoms with Gasteiger partial charge in [0.05, 0.1) is 18.1 Å². The predicted molar refractivity (Wildman–Crippen MR) is 94.4 cm³/mol. The molecule has 1 amide bonds. The molecule has 0 radical (unpaired) electrons. The van der Waals surface area contributed by atoms with Crippen LogP contribution in [0.25, 0.3) is 11.1 Å². The summed E-state index contributed by atoms with van der Waals surface area (Å²) in [5.74, 6) is 0.747. The number of nitrogens with zero attached hydrogens (tertiary/aromatic N) is 1. The number of fused-ring (bicyclic) bond motifs is 1. The summed E-state index contributed by atoms with van der Waals surface area (Å²) in [5.41, 5.74) is 3.38. The quantitative estimate of drug-likeness (QED) is 0.901. The molecule has 0 fully saturated rings. The Bertz CT molecular complexity index is 701. The van der Waals surface area contributed by atoms with Crippen molar-refractivity contribution < 1.29 is 9.53 Å². The highest BCUT2D eigenvalue weighted by atomic mass is 35.5. The Labute approximate surface area is 145 Å². The first-order chi connectivity index (χ1) is 11.0. The number of carbonyl (C=O) groups is 1. The van der Waals surface area contributed by atoms with Crippen molar-refractivity contribution in [2.24, 2.45) is 0 Å². The number of rotatable bonds is 5. The average molecular weight is 351 g/mol. The third kappa shape index (κ3) is 3.86. The molecule has 1 aromatic carbocycles. The summed E-state index contributed by atoms with van der Waals surface area (Å²) in [6, 6.07) is 6.15. The molecule has 1 aromatic heterocycles. The van der Waals surface area contributed by atoms with E-state index >= 15 is 0 Å². The van der Waals surface area contributed by atoms with Crippen molar-refractivity contribution in [1.29, 1.82) is 0 Å². The van der Waals surface area contributed by atoms with E-state index in [1.165, 1.54) is 5.56 Å². The molecule has 4 nitrogen and oxygen atoms in total. The van der Waals surface area contributed by atoms with Crippen molar-refractivity contribution in [3.8, 4) is 16.9 Å². The Kier molecular flexibility index (Phi) is 4.90. The number of thiophene rings is 1. The number of benzene rings is 1. The maximum absolute atomic E-state index is 11.7. The van der Waals surface area contributed by atoms with Crippen LogP contribution >= 0.6 is 22.9 Å². The van der Waals surface area contributed by atoms with Gasteiger partial charge in [0.25, 0.3) is 0 Å². The second kappa shape index (κ2) is 6.91. The summed E-state index contributed by atoms with van der Waals surface area (Å²) in [5, 5.41) is 7.69. The number of hydrogen-bond donors (Lipinski definition) is 1. The smallest absolute Gasteiger partial charge is 0.234 e. The first-order valence-electron chi connectivity index (χ1n) is 7.46. The van der Waals surface area contributed by atoms with E-state index in [-0.39, 0.29) is 12.0 Å². The molecule has 1 N–H and O–H groups in total. The van der Waals surface area contributed by atoms with Crippen LogP contribution in [0.4, 0.5) is 0 Å². The van der Waals surface area contributed by atoms with E-state index in [4.69, 9.17) is 16.3 Å². The van der Waals surface area contributed by atoms with E-state index in [2.05, 4.69) is 28.2 Å². The van der Waals surface area contributed by atoms with Crippen molar-refractivity contribution in [3.05, 3.63) is 39.5 Å². The van der Waals surface area contributed by atoms with Crippen LogP contribution in [0.15, 0.2) is 29.0 Å². The molecule has 1 atom stereocenters. The molecule has 0 aliphatic carbocycles. The van der Waals surface area contributed by atoms with Gasteiger partial charge in [0.1, 0.15) is 11.9 Å². The Balaban J connectivity index is 1.67. The molecule has 1 aliphatic heterocycles.